The molecule has 0 saturated carbocycles. The average molecular weight is 171 g/mol. The summed E-state index contributed by atoms with van der Waals surface area (Å²) in [6.45, 7) is 6.96. The summed E-state index contributed by atoms with van der Waals surface area (Å²) in [4.78, 5) is 11.2. The van der Waals surface area contributed by atoms with E-state index in [4.69, 9.17) is 4.74 Å². The van der Waals surface area contributed by atoms with Gasteiger partial charge in [-0.2, -0.15) is 0 Å². The van der Waals surface area contributed by atoms with Gasteiger partial charge in [0.15, 0.2) is 0 Å². The highest BCUT2D eigenvalue weighted by atomic mass is 16.6. The molecule has 0 spiro atoms. The van der Waals surface area contributed by atoms with E-state index in [9.17, 15) is 4.79 Å². The second-order valence-electron chi connectivity index (χ2n) is 3.43. The predicted octanol–water partition coefficient (Wildman–Crippen LogP) is 0.936. The topological polar surface area (TPSA) is 38.3 Å². The van der Waals surface area contributed by atoms with Crippen molar-refractivity contribution in [2.75, 3.05) is 6.54 Å². The molecule has 1 fully saturated rings. The Morgan fingerprint density at radius 1 is 1.50 bits per heavy atom. The summed E-state index contributed by atoms with van der Waals surface area (Å²) in [6, 6.07) is -0.0834. The molecule has 1 aliphatic rings. The molecular weight excluding hydrogens is 154 g/mol. The number of esters is 1. The Bertz CT molecular complexity index is 170. The highest BCUT2D eigenvalue weighted by Crippen LogP contribution is 2.21. The van der Waals surface area contributed by atoms with Crippen molar-refractivity contribution in [1.29, 1.82) is 0 Å². The van der Waals surface area contributed by atoms with Crippen molar-refractivity contribution in [3.63, 3.8) is 0 Å². The minimum atomic E-state index is -0.0940. The van der Waals surface area contributed by atoms with E-state index in [0.29, 0.717) is 5.92 Å². The molecule has 1 heterocycles. The van der Waals surface area contributed by atoms with E-state index in [2.05, 4.69) is 12.2 Å². The van der Waals surface area contributed by atoms with Gasteiger partial charge in [0.05, 0.1) is 0 Å². The van der Waals surface area contributed by atoms with E-state index >= 15 is 0 Å². The van der Waals surface area contributed by atoms with E-state index in [0.717, 1.165) is 13.0 Å². The van der Waals surface area contributed by atoms with Crippen molar-refractivity contribution in [3.05, 3.63) is 0 Å². The Labute approximate surface area is 73.5 Å². The van der Waals surface area contributed by atoms with Crippen molar-refractivity contribution in [2.24, 2.45) is 5.92 Å². The Balaban J connectivity index is 2.46. The van der Waals surface area contributed by atoms with Crippen molar-refractivity contribution < 1.29 is 9.53 Å². The molecule has 1 unspecified atom stereocenters. The third kappa shape index (κ3) is 1.78. The third-order valence-electron chi connectivity index (χ3n) is 2.44. The molecule has 0 aromatic heterocycles. The number of hydrogen-bond donors (Lipinski definition) is 1. The summed E-state index contributed by atoms with van der Waals surface area (Å²) in [5.41, 5.74) is 0. The number of cyclic esters (lactones) is 1. The van der Waals surface area contributed by atoms with E-state index in [-0.39, 0.29) is 18.1 Å². The van der Waals surface area contributed by atoms with Crippen LogP contribution >= 0.6 is 0 Å². The van der Waals surface area contributed by atoms with E-state index in [1.54, 1.807) is 0 Å². The third-order valence-corrected chi connectivity index (χ3v) is 2.44. The largest absolute Gasteiger partial charge is 0.461 e. The Kier molecular flexibility index (Phi) is 3.09. The summed E-state index contributed by atoms with van der Waals surface area (Å²) in [5.74, 6) is 0.201. The lowest BCUT2D eigenvalue weighted by Gasteiger charge is -2.13. The molecule has 1 N–H and O–H groups in total. The fourth-order valence-electron chi connectivity index (χ4n) is 1.42. The fourth-order valence-corrected chi connectivity index (χ4v) is 1.42. The normalized spacial score (nSPS) is 35.2. The van der Waals surface area contributed by atoms with Crippen LogP contribution in [0.25, 0.3) is 0 Å². The lowest BCUT2D eigenvalue weighted by Crippen LogP contribution is -2.38. The van der Waals surface area contributed by atoms with Crippen LogP contribution in [0.3, 0.4) is 0 Å². The fraction of sp³-hybridized carbons (Fsp3) is 0.889. The average Bonchev–Trinajstić information content (AvgIpc) is 2.25. The summed E-state index contributed by atoms with van der Waals surface area (Å²) in [5, 5.41) is 3.19. The number of carbonyl (C=O) groups excluding carboxylic acids is 1. The van der Waals surface area contributed by atoms with Gasteiger partial charge in [-0.3, -0.25) is 4.79 Å². The van der Waals surface area contributed by atoms with Crippen molar-refractivity contribution in [3.8, 4) is 0 Å². The first-order valence-electron chi connectivity index (χ1n) is 4.60. The van der Waals surface area contributed by atoms with Gasteiger partial charge in [0, 0.05) is 5.92 Å². The molecule has 3 nitrogen and oxygen atoms in total. The quantitative estimate of drug-likeness (QED) is 0.642. The summed E-state index contributed by atoms with van der Waals surface area (Å²) in [6.07, 6.45) is 1.11. The van der Waals surface area contributed by atoms with Gasteiger partial charge in [-0.1, -0.05) is 13.8 Å². The zero-order valence-electron chi connectivity index (χ0n) is 7.96. The van der Waals surface area contributed by atoms with Crippen molar-refractivity contribution in [1.82, 2.24) is 5.32 Å². The zero-order valence-corrected chi connectivity index (χ0v) is 7.96. The molecule has 0 radical (unpaired) electrons. The van der Waals surface area contributed by atoms with Gasteiger partial charge in [-0.05, 0) is 19.9 Å². The van der Waals surface area contributed by atoms with Crippen molar-refractivity contribution >= 4 is 5.97 Å². The highest BCUT2D eigenvalue weighted by Gasteiger charge is 2.38. The van der Waals surface area contributed by atoms with E-state index in [1.165, 1.54) is 0 Å². The number of ether oxygens (including phenoxy) is 1. The second-order valence-corrected chi connectivity index (χ2v) is 3.43. The first kappa shape index (κ1) is 9.52. The highest BCUT2D eigenvalue weighted by molar-refractivity contribution is 5.78. The standard InChI is InChI=1S/C9H17NO2/c1-4-5-10-8-6(2)7(3)12-9(8)11/h6-8,10H,4-5H2,1-3H3/t6-,7-,8?/m0/s1. The van der Waals surface area contributed by atoms with Crippen molar-refractivity contribution in [2.45, 2.75) is 39.3 Å². The monoisotopic (exact) mass is 171 g/mol. The van der Waals surface area contributed by atoms with Gasteiger partial charge in [-0.15, -0.1) is 0 Å². The first-order chi connectivity index (χ1) is 5.66. The van der Waals surface area contributed by atoms with Crippen LogP contribution in [0.5, 0.6) is 0 Å². The van der Waals surface area contributed by atoms with Crippen LogP contribution in [0.15, 0.2) is 0 Å². The minimum Gasteiger partial charge on any atom is -0.461 e. The molecule has 3 atom stereocenters. The molecule has 1 rings (SSSR count). The van der Waals surface area contributed by atoms with Gasteiger partial charge in [0.2, 0.25) is 0 Å². The molecule has 0 aliphatic carbocycles. The summed E-state index contributed by atoms with van der Waals surface area (Å²) < 4.78 is 5.08. The maximum absolute atomic E-state index is 11.2. The van der Waals surface area contributed by atoms with Crippen LogP contribution in [0.1, 0.15) is 27.2 Å². The number of hydrogen-bond acceptors (Lipinski definition) is 3. The molecule has 3 heteroatoms. The zero-order chi connectivity index (χ0) is 9.14. The van der Waals surface area contributed by atoms with Crippen LogP contribution in [-0.4, -0.2) is 24.7 Å². The molecule has 0 aromatic carbocycles. The van der Waals surface area contributed by atoms with Gasteiger partial charge < -0.3 is 10.1 Å². The van der Waals surface area contributed by atoms with Crippen LogP contribution in [0.2, 0.25) is 0 Å². The van der Waals surface area contributed by atoms with Gasteiger partial charge in [0.1, 0.15) is 12.1 Å². The second kappa shape index (κ2) is 3.90. The lowest BCUT2D eigenvalue weighted by molar-refractivity contribution is -0.142. The maximum Gasteiger partial charge on any atom is 0.323 e. The van der Waals surface area contributed by atoms with E-state index < -0.39 is 0 Å². The Morgan fingerprint density at radius 2 is 2.17 bits per heavy atom. The molecule has 0 bridgehead atoms. The lowest BCUT2D eigenvalue weighted by atomic mass is 10.0. The molecule has 70 valence electrons. The van der Waals surface area contributed by atoms with Crippen LogP contribution in [-0.2, 0) is 9.53 Å². The number of carbonyl (C=O) groups is 1. The van der Waals surface area contributed by atoms with Crippen LogP contribution < -0.4 is 5.32 Å². The summed E-state index contributed by atoms with van der Waals surface area (Å²) >= 11 is 0. The summed E-state index contributed by atoms with van der Waals surface area (Å²) in [7, 11) is 0. The van der Waals surface area contributed by atoms with Gasteiger partial charge in [-0.25, -0.2) is 0 Å². The Hall–Kier alpha value is -0.570. The molecule has 0 amide bonds. The molecule has 12 heavy (non-hydrogen) atoms. The molecule has 1 saturated heterocycles. The van der Waals surface area contributed by atoms with Gasteiger partial charge >= 0.3 is 5.97 Å². The number of rotatable bonds is 3. The van der Waals surface area contributed by atoms with Crippen LogP contribution in [0.4, 0.5) is 0 Å². The van der Waals surface area contributed by atoms with E-state index in [1.807, 2.05) is 13.8 Å². The smallest absolute Gasteiger partial charge is 0.323 e. The van der Waals surface area contributed by atoms with Gasteiger partial charge in [0.25, 0.3) is 0 Å². The molecule has 0 aromatic rings. The van der Waals surface area contributed by atoms with Crippen LogP contribution in [0, 0.1) is 5.92 Å². The first-order valence-corrected chi connectivity index (χ1v) is 4.60. The molecular formula is C9H17NO2. The number of nitrogens with one attached hydrogen (secondary N) is 1. The minimum absolute atomic E-state index is 0.0619. The molecule has 1 aliphatic heterocycles. The predicted molar refractivity (Wildman–Crippen MR) is 46.8 cm³/mol. The maximum atomic E-state index is 11.2. The Morgan fingerprint density at radius 3 is 2.58 bits per heavy atom. The SMILES string of the molecule is CCCNC1C(=O)O[C@@H](C)[C@@H]1C.